The molecule has 0 saturated carbocycles. The largest absolute Gasteiger partial charge is 0.452 e. The molecule has 1 aromatic rings. The summed E-state index contributed by atoms with van der Waals surface area (Å²) in [6.07, 6.45) is 1.15. The van der Waals surface area contributed by atoms with Crippen LogP contribution in [0.15, 0.2) is 19.6 Å². The maximum Gasteiger partial charge on any atom is 0.183 e. The molecule has 0 aliphatic heterocycles. The van der Waals surface area contributed by atoms with E-state index in [1.165, 1.54) is 0 Å². The molecule has 0 saturated heterocycles. The van der Waals surface area contributed by atoms with Gasteiger partial charge in [0.05, 0.1) is 11.0 Å². The number of hydrogen-bond acceptors (Lipinski definition) is 3. The zero-order valence-electron chi connectivity index (χ0n) is 9.02. The minimum atomic E-state index is 0.757. The van der Waals surface area contributed by atoms with E-state index in [0.29, 0.717) is 0 Å². The minimum absolute atomic E-state index is 0.757. The summed E-state index contributed by atoms with van der Waals surface area (Å²) in [4.78, 5) is 2.18. The van der Waals surface area contributed by atoms with E-state index in [-0.39, 0.29) is 0 Å². The second-order valence-corrected chi connectivity index (χ2v) is 5.24. The molecular weight excluding hydrogens is 324 g/mol. The monoisotopic (exact) mass is 338 g/mol. The van der Waals surface area contributed by atoms with Gasteiger partial charge in [0.15, 0.2) is 4.67 Å². The van der Waals surface area contributed by atoms with Crippen LogP contribution in [0, 0.1) is 0 Å². The molecule has 1 heterocycles. The fourth-order valence-electron chi connectivity index (χ4n) is 1.21. The maximum absolute atomic E-state index is 5.44. The first-order valence-electron chi connectivity index (χ1n) is 4.88. The number of hydrogen-bond donors (Lipinski definition) is 1. The van der Waals surface area contributed by atoms with Gasteiger partial charge in [-0.15, -0.1) is 0 Å². The van der Waals surface area contributed by atoms with Gasteiger partial charge < -0.3 is 14.6 Å². The van der Waals surface area contributed by atoms with E-state index in [1.54, 1.807) is 0 Å². The van der Waals surface area contributed by atoms with Gasteiger partial charge in [-0.2, -0.15) is 0 Å². The number of nitrogens with one attached hydrogen (secondary N) is 1. The third-order valence-electron chi connectivity index (χ3n) is 1.95. The van der Waals surface area contributed by atoms with Gasteiger partial charge in [-0.1, -0.05) is 0 Å². The lowest BCUT2D eigenvalue weighted by atomic mass is 10.4. The number of rotatable bonds is 6. The second kappa shape index (κ2) is 6.68. The average molecular weight is 340 g/mol. The number of furan rings is 1. The van der Waals surface area contributed by atoms with Gasteiger partial charge in [-0.05, 0) is 71.5 Å². The molecule has 0 fully saturated rings. The molecule has 15 heavy (non-hydrogen) atoms. The van der Waals surface area contributed by atoms with E-state index in [0.717, 1.165) is 41.0 Å². The van der Waals surface area contributed by atoms with Crippen molar-refractivity contribution in [2.45, 2.75) is 13.0 Å². The second-order valence-electron chi connectivity index (χ2n) is 3.67. The fourth-order valence-corrected chi connectivity index (χ4v) is 1.87. The lowest BCUT2D eigenvalue weighted by Crippen LogP contribution is -2.20. The molecule has 0 unspecified atom stereocenters. The first kappa shape index (κ1) is 13.2. The Morgan fingerprint density at radius 2 is 2.13 bits per heavy atom. The zero-order valence-corrected chi connectivity index (χ0v) is 12.2. The van der Waals surface area contributed by atoms with Crippen molar-refractivity contribution >= 4 is 31.9 Å². The quantitative estimate of drug-likeness (QED) is 0.808. The molecule has 0 atom stereocenters. The third kappa shape index (κ3) is 5.15. The predicted molar refractivity (Wildman–Crippen MR) is 69.0 cm³/mol. The van der Waals surface area contributed by atoms with Gasteiger partial charge in [-0.3, -0.25) is 0 Å². The van der Waals surface area contributed by atoms with Crippen molar-refractivity contribution in [2.24, 2.45) is 0 Å². The van der Waals surface area contributed by atoms with E-state index < -0.39 is 0 Å². The Morgan fingerprint density at radius 1 is 1.40 bits per heavy atom. The molecule has 0 aliphatic carbocycles. The van der Waals surface area contributed by atoms with Crippen LogP contribution in [0.25, 0.3) is 0 Å². The van der Waals surface area contributed by atoms with Gasteiger partial charge in [-0.25, -0.2) is 0 Å². The van der Waals surface area contributed by atoms with Crippen LogP contribution in [0.3, 0.4) is 0 Å². The highest BCUT2D eigenvalue weighted by Gasteiger charge is 2.04. The summed E-state index contributed by atoms with van der Waals surface area (Å²) in [7, 11) is 4.17. The molecule has 0 aromatic carbocycles. The van der Waals surface area contributed by atoms with Crippen molar-refractivity contribution in [1.29, 1.82) is 0 Å². The van der Waals surface area contributed by atoms with Crippen molar-refractivity contribution < 1.29 is 4.42 Å². The highest BCUT2D eigenvalue weighted by atomic mass is 79.9. The van der Waals surface area contributed by atoms with E-state index in [4.69, 9.17) is 4.42 Å². The Kier molecular flexibility index (Phi) is 5.89. The standard InChI is InChI=1S/C10H16Br2N2O/c1-14(2)5-3-4-13-7-8-6-9(11)10(12)15-8/h6,13H,3-5,7H2,1-2H3. The normalized spacial score (nSPS) is 11.3. The van der Waals surface area contributed by atoms with Crippen LogP contribution in [0.4, 0.5) is 0 Å². The molecule has 0 amide bonds. The topological polar surface area (TPSA) is 28.4 Å². The van der Waals surface area contributed by atoms with Crippen LogP contribution in [0.1, 0.15) is 12.2 Å². The Balaban J connectivity index is 2.15. The Morgan fingerprint density at radius 3 is 2.67 bits per heavy atom. The van der Waals surface area contributed by atoms with Crippen molar-refractivity contribution in [1.82, 2.24) is 10.2 Å². The smallest absolute Gasteiger partial charge is 0.183 e. The summed E-state index contributed by atoms with van der Waals surface area (Å²) in [6.45, 7) is 2.89. The van der Waals surface area contributed by atoms with Crippen molar-refractivity contribution in [3.05, 3.63) is 21.0 Å². The van der Waals surface area contributed by atoms with Gasteiger partial charge >= 0.3 is 0 Å². The molecular formula is C10H16Br2N2O. The van der Waals surface area contributed by atoms with Crippen LogP contribution >= 0.6 is 31.9 Å². The molecule has 0 aliphatic rings. The van der Waals surface area contributed by atoms with E-state index in [9.17, 15) is 0 Å². The zero-order chi connectivity index (χ0) is 11.3. The minimum Gasteiger partial charge on any atom is -0.452 e. The van der Waals surface area contributed by atoms with Gasteiger partial charge in [0.25, 0.3) is 0 Å². The Labute approximate surface area is 107 Å². The van der Waals surface area contributed by atoms with E-state index in [1.807, 2.05) is 6.07 Å². The highest BCUT2D eigenvalue weighted by molar-refractivity contribution is 9.13. The molecule has 0 spiro atoms. The highest BCUT2D eigenvalue weighted by Crippen LogP contribution is 2.26. The molecule has 1 rings (SSSR count). The molecule has 0 radical (unpaired) electrons. The maximum atomic E-state index is 5.44. The Bertz CT molecular complexity index is 280. The third-order valence-corrected chi connectivity index (χ3v) is 3.66. The van der Waals surface area contributed by atoms with Crippen LogP contribution in [-0.2, 0) is 6.54 Å². The van der Waals surface area contributed by atoms with E-state index in [2.05, 4.69) is 56.2 Å². The molecule has 3 nitrogen and oxygen atoms in total. The lowest BCUT2D eigenvalue weighted by Gasteiger charge is -2.08. The summed E-state index contributed by atoms with van der Waals surface area (Å²) in [5.74, 6) is 0.943. The number of nitrogens with zero attached hydrogens (tertiary/aromatic N) is 1. The molecule has 0 bridgehead atoms. The number of halogens is 2. The first-order valence-corrected chi connectivity index (χ1v) is 6.47. The van der Waals surface area contributed by atoms with Crippen molar-refractivity contribution in [3.63, 3.8) is 0 Å². The van der Waals surface area contributed by atoms with Gasteiger partial charge in [0.1, 0.15) is 5.76 Å². The first-order chi connectivity index (χ1) is 7.09. The Hall–Kier alpha value is 0.160. The lowest BCUT2D eigenvalue weighted by molar-refractivity contribution is 0.389. The molecule has 1 N–H and O–H groups in total. The fraction of sp³-hybridized carbons (Fsp3) is 0.600. The summed E-state index contributed by atoms with van der Waals surface area (Å²) in [6, 6.07) is 1.98. The van der Waals surface area contributed by atoms with E-state index >= 15 is 0 Å². The van der Waals surface area contributed by atoms with Crippen LogP contribution in [0.2, 0.25) is 0 Å². The molecule has 5 heteroatoms. The molecule has 1 aromatic heterocycles. The van der Waals surface area contributed by atoms with Crippen molar-refractivity contribution in [3.8, 4) is 0 Å². The van der Waals surface area contributed by atoms with Gasteiger partial charge in [0, 0.05) is 0 Å². The predicted octanol–water partition coefficient (Wildman–Crippen LogP) is 2.85. The summed E-state index contributed by atoms with van der Waals surface area (Å²) >= 11 is 6.69. The van der Waals surface area contributed by atoms with Crippen LogP contribution in [-0.4, -0.2) is 32.1 Å². The van der Waals surface area contributed by atoms with Crippen LogP contribution in [0.5, 0.6) is 0 Å². The van der Waals surface area contributed by atoms with Crippen LogP contribution < -0.4 is 5.32 Å². The van der Waals surface area contributed by atoms with Gasteiger partial charge in [0.2, 0.25) is 0 Å². The summed E-state index contributed by atoms with van der Waals surface area (Å²) in [5.41, 5.74) is 0. The summed E-state index contributed by atoms with van der Waals surface area (Å²) < 4.78 is 7.16. The SMILES string of the molecule is CN(C)CCCNCc1cc(Br)c(Br)o1. The average Bonchev–Trinajstić information content (AvgIpc) is 2.45. The van der Waals surface area contributed by atoms with Crippen molar-refractivity contribution in [2.75, 3.05) is 27.2 Å². The molecule has 86 valence electrons. The summed E-state index contributed by atoms with van der Waals surface area (Å²) in [5, 5.41) is 3.34.